The molecule has 6 nitrogen and oxygen atoms in total. The monoisotopic (exact) mass is 758 g/mol. The number of methoxy groups -OCH3 is 1. The second-order valence-electron chi connectivity index (χ2n) is 17.5. The fourth-order valence-corrected chi connectivity index (χ4v) is 13.3. The first kappa shape index (κ1) is 42.9. The maximum absolute atomic E-state index is 12.4. The van der Waals surface area contributed by atoms with E-state index < -0.39 is 16.6 Å². The molecule has 3 aromatic rings. The number of benzene rings is 3. The van der Waals surface area contributed by atoms with Crippen LogP contribution in [0.1, 0.15) is 92.6 Å². The number of Topliss-reactive ketones (excluding diaryl/α,β-unsaturated/α-hetero) is 1. The predicted molar refractivity (Wildman–Crippen MR) is 223 cm³/mol. The van der Waals surface area contributed by atoms with Gasteiger partial charge in [0.2, 0.25) is 0 Å². The molecule has 0 saturated carbocycles. The molecule has 290 valence electrons. The smallest absolute Gasteiger partial charge is 0.261 e. The Morgan fingerprint density at radius 3 is 1.81 bits per heavy atom. The van der Waals surface area contributed by atoms with Gasteiger partial charge in [-0.05, 0) is 83.8 Å². The molecule has 0 amide bonds. The van der Waals surface area contributed by atoms with Crippen molar-refractivity contribution in [2.45, 2.75) is 141 Å². The van der Waals surface area contributed by atoms with E-state index in [0.29, 0.717) is 26.1 Å². The molecule has 0 radical (unpaired) electrons. The van der Waals surface area contributed by atoms with E-state index >= 15 is 0 Å². The van der Waals surface area contributed by atoms with Crippen LogP contribution in [0.25, 0.3) is 0 Å². The molecule has 1 heterocycles. The van der Waals surface area contributed by atoms with Crippen LogP contribution in [0.5, 0.6) is 5.75 Å². The zero-order chi connectivity index (χ0) is 38.9. The zero-order valence-corrected chi connectivity index (χ0v) is 36.2. The molecule has 1 fully saturated rings. The number of hydrogen-bond acceptors (Lipinski definition) is 6. The van der Waals surface area contributed by atoms with Gasteiger partial charge in [-0.15, -0.1) is 0 Å². The predicted octanol–water partition coefficient (Wildman–Crippen LogP) is 9.80. The Morgan fingerprint density at radius 1 is 0.811 bits per heavy atom. The summed E-state index contributed by atoms with van der Waals surface area (Å²) in [4.78, 5) is 12.4. The van der Waals surface area contributed by atoms with Crippen molar-refractivity contribution in [1.29, 1.82) is 0 Å². The van der Waals surface area contributed by atoms with E-state index in [1.54, 1.807) is 14.0 Å². The van der Waals surface area contributed by atoms with E-state index in [4.69, 9.17) is 23.1 Å². The van der Waals surface area contributed by atoms with Gasteiger partial charge < -0.3 is 23.1 Å². The molecule has 8 heteroatoms. The average Bonchev–Trinajstić information content (AvgIpc) is 3.08. The van der Waals surface area contributed by atoms with Gasteiger partial charge in [-0.25, -0.2) is 0 Å². The number of hydrogen-bond donors (Lipinski definition) is 0. The summed E-state index contributed by atoms with van der Waals surface area (Å²) in [5.41, 5.74) is 2.27. The van der Waals surface area contributed by atoms with Gasteiger partial charge in [0.05, 0.1) is 38.1 Å². The summed E-state index contributed by atoms with van der Waals surface area (Å²) in [6.45, 7) is 25.3. The van der Waals surface area contributed by atoms with Crippen LogP contribution in [-0.4, -0.2) is 60.6 Å². The minimum Gasteiger partial charge on any atom is -0.497 e. The highest BCUT2D eigenvalue weighted by Crippen LogP contribution is 2.40. The third-order valence-corrected chi connectivity index (χ3v) is 20.6. The maximum atomic E-state index is 12.4. The average molecular weight is 759 g/mol. The molecular formula is C45H66O6Si2. The third kappa shape index (κ3) is 11.8. The van der Waals surface area contributed by atoms with Crippen LogP contribution in [0.2, 0.25) is 23.2 Å². The van der Waals surface area contributed by atoms with Gasteiger partial charge in [-0.2, -0.15) is 0 Å². The summed E-state index contributed by atoms with van der Waals surface area (Å²) in [5.74, 6) is 0.970. The van der Waals surface area contributed by atoms with Crippen molar-refractivity contribution in [1.82, 2.24) is 0 Å². The lowest BCUT2D eigenvalue weighted by Crippen LogP contribution is -2.66. The zero-order valence-electron chi connectivity index (χ0n) is 34.2. The second-order valence-corrected chi connectivity index (χ2v) is 26.6. The standard InChI is InChI=1S/C45H66O6Si2/c1-34-28-39(50-40(29-34)32-41(30-35(2)46)51-52(10,11)44(3,4)5)31-38(48-33-36-22-24-37(47-9)25-23-36)26-27-49-53(45(6,7)8,42-18-14-12-15-19-42)43-20-16-13-17-21-43/h12-25,38-41H,1,26-33H2,2-11H3/t38-,39-,40+,41-/m0/s1. The number of carbonyl (C=O) groups excluding carboxylic acids is 1. The van der Waals surface area contributed by atoms with Gasteiger partial charge in [0.1, 0.15) is 11.5 Å². The van der Waals surface area contributed by atoms with Crippen molar-refractivity contribution >= 4 is 32.8 Å². The highest BCUT2D eigenvalue weighted by atomic mass is 28.4. The van der Waals surface area contributed by atoms with Crippen molar-refractivity contribution < 1.29 is 27.9 Å². The van der Waals surface area contributed by atoms with Crippen LogP contribution in [0.15, 0.2) is 97.1 Å². The quantitative estimate of drug-likeness (QED) is 0.0952. The SMILES string of the molecule is C=C1C[C@H](C[C@H](CC(C)=O)O[Si](C)(C)C(C)(C)C)O[C@H](C[C@H](CCO[Si](c2ccccc2)(c2ccccc2)C(C)(C)C)OCc2ccc(OC)cc2)C1. The fourth-order valence-electron chi connectivity index (χ4n) is 7.36. The van der Waals surface area contributed by atoms with E-state index in [9.17, 15) is 4.79 Å². The summed E-state index contributed by atoms with van der Waals surface area (Å²) in [5, 5.41) is 2.47. The molecule has 4 atom stereocenters. The van der Waals surface area contributed by atoms with Crippen LogP contribution in [0, 0.1) is 0 Å². The number of ether oxygens (including phenoxy) is 3. The number of rotatable bonds is 18. The molecule has 3 aromatic carbocycles. The Bertz CT molecular complexity index is 1540. The molecule has 0 aromatic heterocycles. The van der Waals surface area contributed by atoms with Gasteiger partial charge in [0.15, 0.2) is 8.32 Å². The highest BCUT2D eigenvalue weighted by Gasteiger charge is 2.50. The molecule has 0 unspecified atom stereocenters. The molecule has 1 aliphatic rings. The van der Waals surface area contributed by atoms with Gasteiger partial charge in [0, 0.05) is 19.4 Å². The van der Waals surface area contributed by atoms with E-state index in [0.717, 1.165) is 37.0 Å². The topological polar surface area (TPSA) is 63.2 Å². The minimum absolute atomic E-state index is 0.0482. The lowest BCUT2D eigenvalue weighted by Gasteiger charge is -2.43. The van der Waals surface area contributed by atoms with E-state index in [-0.39, 0.29) is 40.3 Å². The second kappa shape index (κ2) is 18.7. The van der Waals surface area contributed by atoms with Gasteiger partial charge in [0.25, 0.3) is 8.32 Å². The minimum atomic E-state index is -2.71. The van der Waals surface area contributed by atoms with Gasteiger partial charge in [-0.3, -0.25) is 4.79 Å². The van der Waals surface area contributed by atoms with Crippen LogP contribution in [0.3, 0.4) is 0 Å². The Balaban J connectivity index is 1.56. The van der Waals surface area contributed by atoms with E-state index in [1.807, 2.05) is 12.1 Å². The summed E-state index contributed by atoms with van der Waals surface area (Å²) in [7, 11) is -3.12. The molecule has 1 saturated heterocycles. The number of carbonyl (C=O) groups is 1. The normalized spacial score (nSPS) is 18.4. The Hall–Kier alpha value is -2.86. The van der Waals surface area contributed by atoms with Gasteiger partial charge >= 0.3 is 0 Å². The number of ketones is 1. The molecule has 0 N–H and O–H groups in total. The lowest BCUT2D eigenvalue weighted by molar-refractivity contribution is -0.119. The van der Waals surface area contributed by atoms with Crippen molar-refractivity contribution in [3.05, 3.63) is 103 Å². The Morgan fingerprint density at radius 2 is 1.34 bits per heavy atom. The van der Waals surface area contributed by atoms with Crippen molar-refractivity contribution in [2.75, 3.05) is 13.7 Å². The Labute approximate surface area is 322 Å². The third-order valence-electron chi connectivity index (χ3n) is 11.1. The fraction of sp³-hybridized carbons (Fsp3) is 0.533. The van der Waals surface area contributed by atoms with Crippen molar-refractivity contribution in [3.8, 4) is 5.75 Å². The van der Waals surface area contributed by atoms with Crippen molar-refractivity contribution in [2.24, 2.45) is 0 Å². The summed E-state index contributed by atoms with van der Waals surface area (Å²) < 4.78 is 33.1. The van der Waals surface area contributed by atoms with Crippen molar-refractivity contribution in [3.63, 3.8) is 0 Å². The molecule has 0 aliphatic carbocycles. The van der Waals surface area contributed by atoms with E-state index in [2.05, 4.69) is 134 Å². The first-order valence-corrected chi connectivity index (χ1v) is 24.2. The molecular weight excluding hydrogens is 693 g/mol. The largest absolute Gasteiger partial charge is 0.497 e. The van der Waals surface area contributed by atoms with Crippen LogP contribution < -0.4 is 15.1 Å². The summed E-state index contributed by atoms with van der Waals surface area (Å²) in [6.07, 6.45) is 3.68. The highest BCUT2D eigenvalue weighted by molar-refractivity contribution is 6.99. The molecule has 53 heavy (non-hydrogen) atoms. The first-order chi connectivity index (χ1) is 24.9. The van der Waals surface area contributed by atoms with E-state index in [1.165, 1.54) is 15.9 Å². The van der Waals surface area contributed by atoms with Gasteiger partial charge in [-0.1, -0.05) is 126 Å². The molecule has 4 rings (SSSR count). The molecule has 0 spiro atoms. The molecule has 1 aliphatic heterocycles. The van der Waals surface area contributed by atoms with Crippen LogP contribution >= 0.6 is 0 Å². The van der Waals surface area contributed by atoms with Crippen LogP contribution in [0.4, 0.5) is 0 Å². The Kier molecular flexibility index (Phi) is 15.1. The van der Waals surface area contributed by atoms with Crippen LogP contribution in [-0.2, 0) is 29.7 Å². The summed E-state index contributed by atoms with van der Waals surface area (Å²) in [6, 6.07) is 29.6. The molecule has 0 bridgehead atoms. The first-order valence-electron chi connectivity index (χ1n) is 19.4. The summed E-state index contributed by atoms with van der Waals surface area (Å²) >= 11 is 0. The lowest BCUT2D eigenvalue weighted by atomic mass is 9.92. The maximum Gasteiger partial charge on any atom is 0.261 e.